The van der Waals surface area contributed by atoms with Gasteiger partial charge in [-0.2, -0.15) is 0 Å². The largest absolute Gasteiger partial charge is 0.495 e. The molecule has 0 aliphatic carbocycles. The van der Waals surface area contributed by atoms with Gasteiger partial charge in [-0.05, 0) is 18.6 Å². The van der Waals surface area contributed by atoms with E-state index in [9.17, 15) is 8.42 Å². The Bertz CT molecular complexity index is 490. The molecule has 0 aliphatic rings. The van der Waals surface area contributed by atoms with Crippen LogP contribution in [0.2, 0.25) is 5.02 Å². The van der Waals surface area contributed by atoms with Gasteiger partial charge >= 0.3 is 0 Å². The van der Waals surface area contributed by atoms with E-state index < -0.39 is 10.0 Å². The molecule has 0 unspecified atom stereocenters. The summed E-state index contributed by atoms with van der Waals surface area (Å²) in [6.45, 7) is 0.827. The summed E-state index contributed by atoms with van der Waals surface area (Å²) < 4.78 is 36.1. The molecular formula is C11H16ClNO4S. The standard InChI is InChI=1S/C11H16ClNO4S/c1-16-7-3-6-13-18(14,15)9-4-5-10(12)11(8-9)17-2/h4-5,8,13H,3,6-7H2,1-2H3. The Morgan fingerprint density at radius 3 is 2.67 bits per heavy atom. The maximum atomic E-state index is 11.9. The number of rotatable bonds is 7. The van der Waals surface area contributed by atoms with Crippen LogP contribution in [-0.4, -0.2) is 35.8 Å². The monoisotopic (exact) mass is 293 g/mol. The van der Waals surface area contributed by atoms with Crippen LogP contribution in [-0.2, 0) is 14.8 Å². The van der Waals surface area contributed by atoms with Crippen molar-refractivity contribution in [3.8, 4) is 5.75 Å². The number of sulfonamides is 1. The van der Waals surface area contributed by atoms with E-state index in [1.54, 1.807) is 7.11 Å². The third kappa shape index (κ3) is 4.13. The third-order valence-electron chi connectivity index (χ3n) is 2.25. The number of hydrogen-bond donors (Lipinski definition) is 1. The molecule has 0 fully saturated rings. The molecule has 7 heteroatoms. The summed E-state index contributed by atoms with van der Waals surface area (Å²) >= 11 is 5.84. The highest BCUT2D eigenvalue weighted by atomic mass is 35.5. The molecule has 0 bridgehead atoms. The summed E-state index contributed by atoms with van der Waals surface area (Å²) in [6.07, 6.45) is 0.612. The molecule has 1 N–H and O–H groups in total. The number of hydrogen-bond acceptors (Lipinski definition) is 4. The second kappa shape index (κ2) is 6.94. The fraction of sp³-hybridized carbons (Fsp3) is 0.455. The van der Waals surface area contributed by atoms with Crippen molar-refractivity contribution in [3.63, 3.8) is 0 Å². The maximum absolute atomic E-state index is 11.9. The Morgan fingerprint density at radius 2 is 2.06 bits per heavy atom. The quantitative estimate of drug-likeness (QED) is 0.777. The number of ether oxygens (including phenoxy) is 2. The molecule has 0 radical (unpaired) electrons. The molecule has 0 spiro atoms. The predicted octanol–water partition coefficient (Wildman–Crippen LogP) is 1.66. The fourth-order valence-corrected chi connectivity index (χ4v) is 2.60. The average molecular weight is 294 g/mol. The van der Waals surface area contributed by atoms with Crippen molar-refractivity contribution in [2.45, 2.75) is 11.3 Å². The molecule has 0 atom stereocenters. The van der Waals surface area contributed by atoms with Gasteiger partial charge in [0.2, 0.25) is 10.0 Å². The Labute approximate surface area is 112 Å². The molecular weight excluding hydrogens is 278 g/mol. The summed E-state index contributed by atoms with van der Waals surface area (Å²) in [4.78, 5) is 0.126. The van der Waals surface area contributed by atoms with Crippen molar-refractivity contribution in [2.24, 2.45) is 0 Å². The van der Waals surface area contributed by atoms with E-state index in [-0.39, 0.29) is 4.90 Å². The van der Waals surface area contributed by atoms with E-state index in [2.05, 4.69) is 4.72 Å². The Balaban J connectivity index is 2.78. The van der Waals surface area contributed by atoms with Crippen LogP contribution in [0.15, 0.2) is 23.1 Å². The predicted molar refractivity (Wildman–Crippen MR) is 69.7 cm³/mol. The number of nitrogens with one attached hydrogen (secondary N) is 1. The summed E-state index contributed by atoms with van der Waals surface area (Å²) in [5, 5.41) is 0.371. The topological polar surface area (TPSA) is 64.6 Å². The lowest BCUT2D eigenvalue weighted by atomic mass is 10.3. The highest BCUT2D eigenvalue weighted by Gasteiger charge is 2.15. The molecule has 5 nitrogen and oxygen atoms in total. The van der Waals surface area contributed by atoms with E-state index >= 15 is 0 Å². The molecule has 0 aliphatic heterocycles. The van der Waals surface area contributed by atoms with Crippen LogP contribution < -0.4 is 9.46 Å². The lowest BCUT2D eigenvalue weighted by Gasteiger charge is -2.09. The second-order valence-corrected chi connectivity index (χ2v) is 5.71. The van der Waals surface area contributed by atoms with Crippen molar-refractivity contribution < 1.29 is 17.9 Å². The van der Waals surface area contributed by atoms with Crippen molar-refractivity contribution in [1.29, 1.82) is 0 Å². The van der Waals surface area contributed by atoms with Crippen molar-refractivity contribution in [1.82, 2.24) is 4.72 Å². The van der Waals surface area contributed by atoms with Gasteiger partial charge < -0.3 is 9.47 Å². The minimum Gasteiger partial charge on any atom is -0.495 e. The van der Waals surface area contributed by atoms with Crippen molar-refractivity contribution in [3.05, 3.63) is 23.2 Å². The van der Waals surface area contributed by atoms with Gasteiger partial charge in [0.15, 0.2) is 0 Å². The first-order valence-electron chi connectivity index (χ1n) is 5.33. The highest BCUT2D eigenvalue weighted by Crippen LogP contribution is 2.26. The smallest absolute Gasteiger partial charge is 0.240 e. The van der Waals surface area contributed by atoms with Crippen LogP contribution in [0.1, 0.15) is 6.42 Å². The maximum Gasteiger partial charge on any atom is 0.240 e. The molecule has 1 rings (SSSR count). The Kier molecular flexibility index (Phi) is 5.87. The summed E-state index contributed by atoms with van der Waals surface area (Å²) in [5.41, 5.74) is 0. The summed E-state index contributed by atoms with van der Waals surface area (Å²) in [7, 11) is -0.532. The van der Waals surface area contributed by atoms with Gasteiger partial charge in [0.05, 0.1) is 17.0 Å². The molecule has 0 amide bonds. The van der Waals surface area contributed by atoms with E-state index in [1.165, 1.54) is 25.3 Å². The first-order valence-corrected chi connectivity index (χ1v) is 7.19. The Morgan fingerprint density at radius 1 is 1.33 bits per heavy atom. The van der Waals surface area contributed by atoms with Gasteiger partial charge in [0.25, 0.3) is 0 Å². The van der Waals surface area contributed by atoms with Gasteiger partial charge in [0.1, 0.15) is 5.75 Å². The lowest BCUT2D eigenvalue weighted by molar-refractivity contribution is 0.196. The summed E-state index contributed by atoms with van der Waals surface area (Å²) in [5.74, 6) is 0.330. The molecule has 0 saturated carbocycles. The van der Waals surface area contributed by atoms with Crippen LogP contribution in [0, 0.1) is 0 Å². The second-order valence-electron chi connectivity index (χ2n) is 3.54. The molecule has 18 heavy (non-hydrogen) atoms. The van der Waals surface area contributed by atoms with Crippen molar-refractivity contribution >= 4 is 21.6 Å². The Hall–Kier alpha value is -0.820. The van der Waals surface area contributed by atoms with Crippen LogP contribution in [0.4, 0.5) is 0 Å². The SMILES string of the molecule is COCCCNS(=O)(=O)c1ccc(Cl)c(OC)c1. The molecule has 0 saturated heterocycles. The lowest BCUT2D eigenvalue weighted by Crippen LogP contribution is -2.25. The fourth-order valence-electron chi connectivity index (χ4n) is 1.31. The van der Waals surface area contributed by atoms with E-state index in [0.717, 1.165) is 0 Å². The molecule has 102 valence electrons. The van der Waals surface area contributed by atoms with Gasteiger partial charge in [-0.1, -0.05) is 11.6 Å². The van der Waals surface area contributed by atoms with Crippen LogP contribution >= 0.6 is 11.6 Å². The molecule has 0 aromatic heterocycles. The van der Waals surface area contributed by atoms with E-state index in [4.69, 9.17) is 21.1 Å². The summed E-state index contributed by atoms with van der Waals surface area (Å²) in [6, 6.07) is 4.31. The van der Waals surface area contributed by atoms with Gasteiger partial charge in [0, 0.05) is 26.3 Å². The molecule has 1 aromatic rings. The first-order chi connectivity index (χ1) is 8.51. The number of halogens is 1. The number of benzene rings is 1. The molecule has 1 aromatic carbocycles. The van der Waals surface area contributed by atoms with E-state index in [1.807, 2.05) is 0 Å². The molecule has 0 heterocycles. The van der Waals surface area contributed by atoms with Gasteiger partial charge in [-0.3, -0.25) is 0 Å². The van der Waals surface area contributed by atoms with Crippen LogP contribution in [0.3, 0.4) is 0 Å². The third-order valence-corrected chi connectivity index (χ3v) is 4.02. The average Bonchev–Trinajstić information content (AvgIpc) is 2.35. The highest BCUT2D eigenvalue weighted by molar-refractivity contribution is 7.89. The normalized spacial score (nSPS) is 11.5. The minimum atomic E-state index is -3.53. The van der Waals surface area contributed by atoms with Crippen molar-refractivity contribution in [2.75, 3.05) is 27.4 Å². The van der Waals surface area contributed by atoms with E-state index in [0.29, 0.717) is 30.3 Å². The van der Waals surface area contributed by atoms with Gasteiger partial charge in [-0.25, -0.2) is 13.1 Å². The van der Waals surface area contributed by atoms with Crippen LogP contribution in [0.25, 0.3) is 0 Å². The zero-order chi connectivity index (χ0) is 13.6. The first kappa shape index (κ1) is 15.2. The minimum absolute atomic E-state index is 0.126. The van der Waals surface area contributed by atoms with Crippen LogP contribution in [0.5, 0.6) is 5.75 Å². The van der Waals surface area contributed by atoms with Gasteiger partial charge in [-0.15, -0.1) is 0 Å². The number of methoxy groups -OCH3 is 2. The zero-order valence-electron chi connectivity index (χ0n) is 10.3. The zero-order valence-corrected chi connectivity index (χ0v) is 11.8.